The maximum atomic E-state index is 11.8. The van der Waals surface area contributed by atoms with Crippen LogP contribution in [0.15, 0.2) is 24.3 Å². The van der Waals surface area contributed by atoms with E-state index < -0.39 is 4.92 Å². The molecule has 96 valence electrons. The molecule has 0 aromatic heterocycles. The molecule has 0 bridgehead atoms. The lowest BCUT2D eigenvalue weighted by Crippen LogP contribution is -2.40. The van der Waals surface area contributed by atoms with Crippen LogP contribution in [0.5, 0.6) is 0 Å². The zero-order chi connectivity index (χ0) is 13.0. The number of nitro benzene ring substituents is 1. The van der Waals surface area contributed by atoms with Gasteiger partial charge in [0.05, 0.1) is 11.0 Å². The van der Waals surface area contributed by atoms with Gasteiger partial charge in [-0.15, -0.1) is 0 Å². The SMILES string of the molecule is O=C(NCc1ccccc1[N+](=O)[O-])C1CCCN1. The van der Waals surface area contributed by atoms with E-state index in [1.54, 1.807) is 18.2 Å². The molecular formula is C12H15N3O3. The van der Waals surface area contributed by atoms with E-state index in [-0.39, 0.29) is 24.2 Å². The summed E-state index contributed by atoms with van der Waals surface area (Å²) in [7, 11) is 0. The van der Waals surface area contributed by atoms with E-state index in [9.17, 15) is 14.9 Å². The molecule has 6 heteroatoms. The van der Waals surface area contributed by atoms with Crippen molar-refractivity contribution in [2.24, 2.45) is 0 Å². The number of nitrogens with zero attached hydrogens (tertiary/aromatic N) is 1. The molecule has 18 heavy (non-hydrogen) atoms. The second-order valence-corrected chi connectivity index (χ2v) is 4.25. The van der Waals surface area contributed by atoms with Crippen LogP contribution in [0.1, 0.15) is 18.4 Å². The van der Waals surface area contributed by atoms with Gasteiger partial charge in [-0.05, 0) is 19.4 Å². The quantitative estimate of drug-likeness (QED) is 0.615. The van der Waals surface area contributed by atoms with Gasteiger partial charge in [0.15, 0.2) is 0 Å². The van der Waals surface area contributed by atoms with Crippen LogP contribution in [0.4, 0.5) is 5.69 Å². The highest BCUT2D eigenvalue weighted by atomic mass is 16.6. The summed E-state index contributed by atoms with van der Waals surface area (Å²) in [6.45, 7) is 1.04. The zero-order valence-electron chi connectivity index (χ0n) is 9.89. The molecular weight excluding hydrogens is 234 g/mol. The number of hydrogen-bond acceptors (Lipinski definition) is 4. The number of para-hydroxylation sites is 1. The fraction of sp³-hybridized carbons (Fsp3) is 0.417. The van der Waals surface area contributed by atoms with Crippen molar-refractivity contribution in [3.8, 4) is 0 Å². The van der Waals surface area contributed by atoms with Gasteiger partial charge < -0.3 is 10.6 Å². The molecule has 0 spiro atoms. The molecule has 1 heterocycles. The number of carbonyl (C=O) groups excluding carboxylic acids is 1. The fourth-order valence-corrected chi connectivity index (χ4v) is 2.05. The van der Waals surface area contributed by atoms with Crippen molar-refractivity contribution in [2.75, 3.05) is 6.54 Å². The summed E-state index contributed by atoms with van der Waals surface area (Å²) in [5.41, 5.74) is 0.561. The molecule has 1 aromatic rings. The molecule has 1 aliphatic rings. The number of carbonyl (C=O) groups is 1. The van der Waals surface area contributed by atoms with Gasteiger partial charge in [-0.2, -0.15) is 0 Å². The van der Waals surface area contributed by atoms with E-state index in [4.69, 9.17) is 0 Å². The topological polar surface area (TPSA) is 84.3 Å². The first-order valence-electron chi connectivity index (χ1n) is 5.92. The molecule has 0 saturated carbocycles. The van der Waals surface area contributed by atoms with E-state index in [1.165, 1.54) is 6.07 Å². The molecule has 0 aliphatic carbocycles. The Balaban J connectivity index is 1.97. The van der Waals surface area contributed by atoms with Gasteiger partial charge in [-0.1, -0.05) is 18.2 Å². The molecule has 1 saturated heterocycles. The first-order chi connectivity index (χ1) is 8.68. The van der Waals surface area contributed by atoms with Crippen LogP contribution in [0, 0.1) is 10.1 Å². The number of nitro groups is 1. The van der Waals surface area contributed by atoms with Crippen molar-refractivity contribution in [2.45, 2.75) is 25.4 Å². The van der Waals surface area contributed by atoms with Crippen LogP contribution in [0.2, 0.25) is 0 Å². The Hall–Kier alpha value is -1.95. The lowest BCUT2D eigenvalue weighted by molar-refractivity contribution is -0.385. The molecule has 1 fully saturated rings. The van der Waals surface area contributed by atoms with E-state index >= 15 is 0 Å². The number of rotatable bonds is 4. The molecule has 1 aromatic carbocycles. The minimum absolute atomic E-state index is 0.0391. The summed E-state index contributed by atoms with van der Waals surface area (Å²) in [6.07, 6.45) is 1.81. The van der Waals surface area contributed by atoms with Crippen LogP contribution in [-0.4, -0.2) is 23.4 Å². The predicted molar refractivity (Wildman–Crippen MR) is 66.0 cm³/mol. The smallest absolute Gasteiger partial charge is 0.274 e. The first kappa shape index (κ1) is 12.5. The Kier molecular flexibility index (Phi) is 3.88. The highest BCUT2D eigenvalue weighted by molar-refractivity contribution is 5.82. The molecule has 6 nitrogen and oxygen atoms in total. The van der Waals surface area contributed by atoms with Gasteiger partial charge in [0.25, 0.3) is 5.69 Å². The highest BCUT2D eigenvalue weighted by Crippen LogP contribution is 2.17. The number of benzene rings is 1. The van der Waals surface area contributed by atoms with Crippen molar-refractivity contribution >= 4 is 11.6 Å². The maximum Gasteiger partial charge on any atom is 0.274 e. The van der Waals surface area contributed by atoms with Gasteiger partial charge >= 0.3 is 0 Å². The third-order valence-electron chi connectivity index (χ3n) is 3.02. The van der Waals surface area contributed by atoms with Crippen LogP contribution in [0.3, 0.4) is 0 Å². The van der Waals surface area contributed by atoms with E-state index in [2.05, 4.69) is 10.6 Å². The summed E-state index contributed by atoms with van der Waals surface area (Å²) in [6, 6.07) is 6.27. The molecule has 1 amide bonds. The van der Waals surface area contributed by atoms with Gasteiger partial charge in [0, 0.05) is 18.2 Å². The fourth-order valence-electron chi connectivity index (χ4n) is 2.05. The van der Waals surface area contributed by atoms with Crippen LogP contribution < -0.4 is 10.6 Å². The second kappa shape index (κ2) is 5.59. The zero-order valence-corrected chi connectivity index (χ0v) is 9.89. The average molecular weight is 249 g/mol. The van der Waals surface area contributed by atoms with E-state index in [0.29, 0.717) is 5.56 Å². The summed E-state index contributed by atoms with van der Waals surface area (Å²) in [5, 5.41) is 16.6. The van der Waals surface area contributed by atoms with E-state index in [1.807, 2.05) is 0 Å². The first-order valence-corrected chi connectivity index (χ1v) is 5.92. The molecule has 1 aliphatic heterocycles. The number of amides is 1. The molecule has 0 radical (unpaired) electrons. The highest BCUT2D eigenvalue weighted by Gasteiger charge is 2.22. The Labute approximate surface area is 105 Å². The molecule has 1 atom stereocenters. The molecule has 2 rings (SSSR count). The second-order valence-electron chi connectivity index (χ2n) is 4.25. The standard InChI is InChI=1S/C12H15N3O3/c16-12(10-5-3-7-13-10)14-8-9-4-1-2-6-11(9)15(17)18/h1-2,4,6,10,13H,3,5,7-8H2,(H,14,16). The normalized spacial score (nSPS) is 18.6. The molecule has 2 N–H and O–H groups in total. The van der Waals surface area contributed by atoms with Gasteiger partial charge in [0.2, 0.25) is 5.91 Å². The molecule has 1 unspecified atom stereocenters. The lowest BCUT2D eigenvalue weighted by Gasteiger charge is -2.11. The lowest BCUT2D eigenvalue weighted by atomic mass is 10.1. The van der Waals surface area contributed by atoms with Crippen molar-refractivity contribution in [3.05, 3.63) is 39.9 Å². The third kappa shape index (κ3) is 2.84. The summed E-state index contributed by atoms with van der Waals surface area (Å²) < 4.78 is 0. The van der Waals surface area contributed by atoms with Crippen molar-refractivity contribution in [1.29, 1.82) is 0 Å². The number of hydrogen-bond donors (Lipinski definition) is 2. The maximum absolute atomic E-state index is 11.8. The Morgan fingerprint density at radius 1 is 1.50 bits per heavy atom. The van der Waals surface area contributed by atoms with Crippen LogP contribution >= 0.6 is 0 Å². The van der Waals surface area contributed by atoms with Crippen molar-refractivity contribution < 1.29 is 9.72 Å². The van der Waals surface area contributed by atoms with Crippen LogP contribution in [0.25, 0.3) is 0 Å². The van der Waals surface area contributed by atoms with Gasteiger partial charge in [-0.25, -0.2) is 0 Å². The van der Waals surface area contributed by atoms with E-state index in [0.717, 1.165) is 19.4 Å². The Morgan fingerprint density at radius 3 is 2.94 bits per heavy atom. The monoisotopic (exact) mass is 249 g/mol. The summed E-state index contributed by atoms with van der Waals surface area (Å²) in [5.74, 6) is -0.0920. The predicted octanol–water partition coefficient (Wildman–Crippen LogP) is 0.963. The van der Waals surface area contributed by atoms with Crippen LogP contribution in [-0.2, 0) is 11.3 Å². The van der Waals surface area contributed by atoms with Crippen molar-refractivity contribution in [1.82, 2.24) is 10.6 Å². The largest absolute Gasteiger partial charge is 0.350 e. The summed E-state index contributed by atoms with van der Waals surface area (Å²) in [4.78, 5) is 22.1. The van der Waals surface area contributed by atoms with Gasteiger partial charge in [0.1, 0.15) is 0 Å². The van der Waals surface area contributed by atoms with Crippen molar-refractivity contribution in [3.63, 3.8) is 0 Å². The Morgan fingerprint density at radius 2 is 2.28 bits per heavy atom. The minimum atomic E-state index is -0.435. The number of nitrogens with one attached hydrogen (secondary N) is 2. The third-order valence-corrected chi connectivity index (χ3v) is 3.02. The average Bonchev–Trinajstić information content (AvgIpc) is 2.90. The minimum Gasteiger partial charge on any atom is -0.350 e. The summed E-state index contributed by atoms with van der Waals surface area (Å²) >= 11 is 0. The Bertz CT molecular complexity index is 456. The van der Waals surface area contributed by atoms with Gasteiger partial charge in [-0.3, -0.25) is 14.9 Å².